The number of benzene rings is 1. The van der Waals surface area contributed by atoms with E-state index in [1.54, 1.807) is 31.1 Å². The van der Waals surface area contributed by atoms with Gasteiger partial charge < -0.3 is 20.9 Å². The Bertz CT molecular complexity index is 505. The molecule has 0 atom stereocenters. The first-order valence-corrected chi connectivity index (χ1v) is 7.10. The molecule has 1 heterocycles. The zero-order valence-corrected chi connectivity index (χ0v) is 12.5. The molecule has 0 saturated carbocycles. The Morgan fingerprint density at radius 1 is 1.19 bits per heavy atom. The lowest BCUT2D eigenvalue weighted by atomic mass is 10.0. The summed E-state index contributed by atoms with van der Waals surface area (Å²) in [7, 11) is 3.54. The van der Waals surface area contributed by atoms with E-state index in [9.17, 15) is 9.59 Å². The molecule has 1 aromatic rings. The fourth-order valence-corrected chi connectivity index (χ4v) is 2.46. The number of hydrogen-bond acceptors (Lipinski definition) is 3. The minimum absolute atomic E-state index is 0.0688. The number of nitrogens with two attached hydrogens (primary N) is 1. The molecular formula is C15H22N4O2. The fraction of sp³-hybridized carbons (Fsp3) is 0.467. The average Bonchev–Trinajstić information content (AvgIpc) is 2.47. The van der Waals surface area contributed by atoms with Crippen LogP contribution in [-0.2, 0) is 0 Å². The summed E-state index contributed by atoms with van der Waals surface area (Å²) in [6, 6.07) is 7.56. The number of amides is 3. The van der Waals surface area contributed by atoms with Crippen LogP contribution in [0.3, 0.4) is 0 Å². The van der Waals surface area contributed by atoms with E-state index in [2.05, 4.69) is 5.32 Å². The molecule has 0 aliphatic carbocycles. The Morgan fingerprint density at radius 3 is 2.24 bits per heavy atom. The lowest BCUT2D eigenvalue weighted by Crippen LogP contribution is -2.46. The van der Waals surface area contributed by atoms with E-state index in [0.717, 1.165) is 31.6 Å². The third-order valence-electron chi connectivity index (χ3n) is 3.69. The molecule has 0 radical (unpaired) electrons. The minimum atomic E-state index is -0.419. The molecular weight excluding hydrogens is 268 g/mol. The Hall–Kier alpha value is -2.24. The van der Waals surface area contributed by atoms with Gasteiger partial charge >= 0.3 is 6.03 Å². The van der Waals surface area contributed by atoms with Gasteiger partial charge in [-0.25, -0.2) is 4.79 Å². The molecule has 6 nitrogen and oxygen atoms in total. The molecule has 0 spiro atoms. The van der Waals surface area contributed by atoms with Crippen molar-refractivity contribution in [1.29, 1.82) is 0 Å². The number of rotatable bonds is 3. The first kappa shape index (κ1) is 15.2. The van der Waals surface area contributed by atoms with Crippen LogP contribution in [0.25, 0.3) is 0 Å². The first-order chi connectivity index (χ1) is 9.97. The number of urea groups is 1. The number of piperidine rings is 1. The maximum Gasteiger partial charge on any atom is 0.319 e. The molecule has 1 aliphatic rings. The molecule has 3 amide bonds. The van der Waals surface area contributed by atoms with Crippen LogP contribution < -0.4 is 11.1 Å². The summed E-state index contributed by atoms with van der Waals surface area (Å²) >= 11 is 0. The second kappa shape index (κ2) is 6.47. The maximum atomic E-state index is 11.9. The van der Waals surface area contributed by atoms with Crippen molar-refractivity contribution < 1.29 is 9.59 Å². The van der Waals surface area contributed by atoms with Gasteiger partial charge in [-0.1, -0.05) is 0 Å². The van der Waals surface area contributed by atoms with Crippen molar-refractivity contribution in [2.45, 2.75) is 18.9 Å². The summed E-state index contributed by atoms with van der Waals surface area (Å²) in [6.07, 6.45) is 1.83. The summed E-state index contributed by atoms with van der Waals surface area (Å²) in [5.74, 6) is -0.419. The summed E-state index contributed by atoms with van der Waals surface area (Å²) < 4.78 is 0. The van der Waals surface area contributed by atoms with Crippen molar-refractivity contribution in [1.82, 2.24) is 9.80 Å². The van der Waals surface area contributed by atoms with E-state index in [0.29, 0.717) is 11.6 Å². The summed E-state index contributed by atoms with van der Waals surface area (Å²) in [5.41, 5.74) is 6.69. The molecule has 1 aromatic carbocycles. The van der Waals surface area contributed by atoms with E-state index in [1.165, 1.54) is 0 Å². The van der Waals surface area contributed by atoms with Gasteiger partial charge in [0.05, 0.1) is 0 Å². The van der Waals surface area contributed by atoms with E-state index in [4.69, 9.17) is 5.73 Å². The van der Waals surface area contributed by atoms with Crippen molar-refractivity contribution in [3.05, 3.63) is 29.8 Å². The minimum Gasteiger partial charge on any atom is -0.382 e. The van der Waals surface area contributed by atoms with Crippen molar-refractivity contribution in [3.8, 4) is 0 Å². The molecule has 0 bridgehead atoms. The Kier molecular flexibility index (Phi) is 4.67. The predicted molar refractivity (Wildman–Crippen MR) is 82.3 cm³/mol. The van der Waals surface area contributed by atoms with E-state index < -0.39 is 5.91 Å². The van der Waals surface area contributed by atoms with Gasteiger partial charge in [0.1, 0.15) is 0 Å². The van der Waals surface area contributed by atoms with E-state index in [1.807, 2.05) is 17.0 Å². The molecule has 1 aliphatic heterocycles. The highest BCUT2D eigenvalue weighted by molar-refractivity contribution is 5.93. The zero-order valence-electron chi connectivity index (χ0n) is 12.5. The molecule has 0 unspecified atom stereocenters. The number of carbonyl (C=O) groups is 2. The van der Waals surface area contributed by atoms with E-state index in [-0.39, 0.29) is 6.03 Å². The van der Waals surface area contributed by atoms with Crippen molar-refractivity contribution in [3.63, 3.8) is 0 Å². The number of primary amides is 1. The fourth-order valence-electron chi connectivity index (χ4n) is 2.46. The van der Waals surface area contributed by atoms with Gasteiger partial charge in [-0.05, 0) is 37.1 Å². The van der Waals surface area contributed by atoms with Gasteiger partial charge in [-0.15, -0.1) is 0 Å². The Morgan fingerprint density at radius 2 is 1.76 bits per heavy atom. The van der Waals surface area contributed by atoms with Crippen LogP contribution in [0.5, 0.6) is 0 Å². The molecule has 6 heteroatoms. The van der Waals surface area contributed by atoms with Gasteiger partial charge in [-0.2, -0.15) is 0 Å². The van der Waals surface area contributed by atoms with Gasteiger partial charge in [0.15, 0.2) is 0 Å². The van der Waals surface area contributed by atoms with Crippen LogP contribution in [-0.4, -0.2) is 55.0 Å². The van der Waals surface area contributed by atoms with Gasteiger partial charge in [0, 0.05) is 44.5 Å². The van der Waals surface area contributed by atoms with E-state index >= 15 is 0 Å². The Balaban J connectivity index is 1.86. The topological polar surface area (TPSA) is 78.7 Å². The van der Waals surface area contributed by atoms with Crippen LogP contribution in [0, 0.1) is 0 Å². The summed E-state index contributed by atoms with van der Waals surface area (Å²) in [6.45, 7) is 1.52. The van der Waals surface area contributed by atoms with Crippen LogP contribution in [0.15, 0.2) is 24.3 Å². The quantitative estimate of drug-likeness (QED) is 0.882. The molecule has 1 saturated heterocycles. The zero-order chi connectivity index (χ0) is 15.4. The highest BCUT2D eigenvalue weighted by Crippen LogP contribution is 2.17. The Labute approximate surface area is 124 Å². The third kappa shape index (κ3) is 3.87. The highest BCUT2D eigenvalue weighted by Gasteiger charge is 2.23. The third-order valence-corrected chi connectivity index (χ3v) is 3.69. The summed E-state index contributed by atoms with van der Waals surface area (Å²) in [5, 5.41) is 3.43. The molecule has 3 N–H and O–H groups in total. The van der Waals surface area contributed by atoms with Crippen LogP contribution in [0.2, 0.25) is 0 Å². The molecule has 2 rings (SSSR count). The molecule has 1 fully saturated rings. The molecule has 0 aromatic heterocycles. The van der Waals surface area contributed by atoms with Gasteiger partial charge in [-0.3, -0.25) is 4.79 Å². The maximum absolute atomic E-state index is 11.9. The first-order valence-electron chi connectivity index (χ1n) is 7.10. The lowest BCUT2D eigenvalue weighted by Gasteiger charge is -2.34. The average molecular weight is 290 g/mol. The lowest BCUT2D eigenvalue weighted by molar-refractivity contribution is 0.100. The van der Waals surface area contributed by atoms with Crippen molar-refractivity contribution >= 4 is 17.6 Å². The normalized spacial score (nSPS) is 15.6. The number of nitrogens with zero attached hydrogens (tertiary/aromatic N) is 2. The second-order valence-corrected chi connectivity index (χ2v) is 5.52. The van der Waals surface area contributed by atoms with Crippen molar-refractivity contribution in [2.24, 2.45) is 5.73 Å². The number of carbonyl (C=O) groups excluding carboxylic acids is 2. The monoisotopic (exact) mass is 290 g/mol. The van der Waals surface area contributed by atoms with Gasteiger partial charge in [0.25, 0.3) is 0 Å². The van der Waals surface area contributed by atoms with Crippen molar-refractivity contribution in [2.75, 3.05) is 32.5 Å². The predicted octanol–water partition coefficient (Wildman–Crippen LogP) is 1.34. The number of likely N-dealkylation sites (tertiary alicyclic amines) is 1. The smallest absolute Gasteiger partial charge is 0.319 e. The SMILES string of the molecule is CN(C)C(=O)N1CCC(Nc2ccc(C(N)=O)cc2)CC1. The highest BCUT2D eigenvalue weighted by atomic mass is 16.2. The van der Waals surface area contributed by atoms with Gasteiger partial charge in [0.2, 0.25) is 5.91 Å². The van der Waals surface area contributed by atoms with Crippen LogP contribution in [0.4, 0.5) is 10.5 Å². The standard InChI is InChI=1S/C15H22N4O2/c1-18(2)15(21)19-9-7-13(8-10-19)17-12-5-3-11(4-6-12)14(16)20/h3-6,13,17H,7-10H2,1-2H3,(H2,16,20). The summed E-state index contributed by atoms with van der Waals surface area (Å²) in [4.78, 5) is 26.3. The number of hydrogen-bond donors (Lipinski definition) is 2. The van der Waals surface area contributed by atoms with Crippen LogP contribution >= 0.6 is 0 Å². The molecule has 21 heavy (non-hydrogen) atoms. The second-order valence-electron chi connectivity index (χ2n) is 5.52. The number of nitrogens with one attached hydrogen (secondary N) is 1. The largest absolute Gasteiger partial charge is 0.382 e. The van der Waals surface area contributed by atoms with Crippen LogP contribution in [0.1, 0.15) is 23.2 Å². The number of anilines is 1. The molecule has 114 valence electrons.